The van der Waals surface area contributed by atoms with Crippen LogP contribution >= 0.6 is 11.3 Å². The minimum atomic E-state index is -0.279. The number of thiazole rings is 1. The maximum Gasteiger partial charge on any atom is 0.319 e. The molecular weight excluding hydrogens is 466 g/mol. The molecule has 1 saturated heterocycles. The number of carbonyl (C=O) groups excluding carboxylic acids is 1. The molecule has 6 rings (SSSR count). The van der Waals surface area contributed by atoms with Crippen LogP contribution in [0.5, 0.6) is 0 Å². The average molecular weight is 492 g/mol. The molecule has 3 N–H and O–H groups in total. The minimum Gasteiger partial charge on any atom is -0.338 e. The second kappa shape index (κ2) is 8.47. The van der Waals surface area contributed by atoms with Crippen LogP contribution in [0.2, 0.25) is 0 Å². The van der Waals surface area contributed by atoms with Crippen LogP contribution in [0.25, 0.3) is 37.2 Å². The fourth-order valence-corrected chi connectivity index (χ4v) is 5.64. The van der Waals surface area contributed by atoms with Crippen molar-refractivity contribution < 1.29 is 4.79 Å². The van der Waals surface area contributed by atoms with Gasteiger partial charge in [-0.25, -0.2) is 9.31 Å². The monoisotopic (exact) mass is 491 g/mol. The lowest BCUT2D eigenvalue weighted by atomic mass is 9.97. The number of amides is 2. The van der Waals surface area contributed by atoms with Crippen LogP contribution < -0.4 is 16.2 Å². The molecule has 1 aliphatic heterocycles. The number of pyridine rings is 2. The van der Waals surface area contributed by atoms with E-state index in [9.17, 15) is 9.59 Å². The van der Waals surface area contributed by atoms with Crippen LogP contribution in [0.15, 0.2) is 35.6 Å². The summed E-state index contributed by atoms with van der Waals surface area (Å²) < 4.78 is 3.46. The van der Waals surface area contributed by atoms with Crippen molar-refractivity contribution in [1.29, 1.82) is 0 Å². The highest BCUT2D eigenvalue weighted by Gasteiger charge is 2.19. The molecule has 0 radical (unpaired) electrons. The third-order valence-corrected chi connectivity index (χ3v) is 7.68. The number of nitrogens with one attached hydrogen (secondary N) is 3. The van der Waals surface area contributed by atoms with Crippen molar-refractivity contribution >= 4 is 49.8 Å². The summed E-state index contributed by atoms with van der Waals surface area (Å²) in [5.41, 5.74) is 2.87. The van der Waals surface area contributed by atoms with Crippen molar-refractivity contribution in [1.82, 2.24) is 39.6 Å². The number of fused-ring (bicyclic) bond motifs is 5. The Morgan fingerprint density at radius 1 is 1.20 bits per heavy atom. The normalized spacial score (nSPS) is 15.4. The van der Waals surface area contributed by atoms with E-state index in [1.807, 2.05) is 19.4 Å². The van der Waals surface area contributed by atoms with Crippen molar-refractivity contribution in [3.63, 3.8) is 0 Å². The molecule has 0 aliphatic carbocycles. The van der Waals surface area contributed by atoms with Gasteiger partial charge in [0, 0.05) is 31.5 Å². The average Bonchev–Trinajstić information content (AvgIpc) is 3.53. The second-order valence-electron chi connectivity index (χ2n) is 9.13. The van der Waals surface area contributed by atoms with Gasteiger partial charge in [0.25, 0.3) is 5.56 Å². The van der Waals surface area contributed by atoms with Crippen LogP contribution in [-0.2, 0) is 7.05 Å². The third kappa shape index (κ3) is 4.04. The van der Waals surface area contributed by atoms with Crippen molar-refractivity contribution in [2.45, 2.75) is 12.8 Å². The van der Waals surface area contributed by atoms with Gasteiger partial charge in [0.2, 0.25) is 0 Å². The van der Waals surface area contributed by atoms with Gasteiger partial charge in [0.1, 0.15) is 21.3 Å². The van der Waals surface area contributed by atoms with Crippen LogP contribution in [0, 0.1) is 5.92 Å². The van der Waals surface area contributed by atoms with Crippen molar-refractivity contribution in [2.24, 2.45) is 13.0 Å². The second-order valence-corrected chi connectivity index (χ2v) is 10.2. The fraction of sp³-hybridized carbons (Fsp3) is 0.348. The number of likely N-dealkylation sites (tertiary alicyclic amines) is 1. The summed E-state index contributed by atoms with van der Waals surface area (Å²) >= 11 is 1.48. The van der Waals surface area contributed by atoms with Crippen molar-refractivity contribution in [2.75, 3.05) is 32.0 Å². The van der Waals surface area contributed by atoms with E-state index in [4.69, 9.17) is 0 Å². The molecule has 2 amide bonds. The van der Waals surface area contributed by atoms with E-state index in [0.717, 1.165) is 41.2 Å². The van der Waals surface area contributed by atoms with Gasteiger partial charge in [0.15, 0.2) is 0 Å². The number of nitrogens with zero attached hydrogens (tertiary/aromatic N) is 6. The number of anilines is 1. The number of aromatic nitrogens is 6. The summed E-state index contributed by atoms with van der Waals surface area (Å²) in [6.45, 7) is 2.76. The first-order valence-electron chi connectivity index (χ1n) is 11.5. The Kier molecular flexibility index (Phi) is 5.26. The molecule has 5 aromatic heterocycles. The van der Waals surface area contributed by atoms with Crippen LogP contribution in [-0.4, -0.2) is 67.0 Å². The van der Waals surface area contributed by atoms with Crippen molar-refractivity contribution in [3.8, 4) is 10.4 Å². The number of piperidine rings is 1. The van der Waals surface area contributed by atoms with E-state index in [1.54, 1.807) is 27.7 Å². The molecule has 6 heterocycles. The predicted molar refractivity (Wildman–Crippen MR) is 136 cm³/mol. The first-order chi connectivity index (χ1) is 16.9. The first-order valence-corrected chi connectivity index (χ1v) is 12.3. The zero-order valence-electron chi connectivity index (χ0n) is 19.4. The minimum absolute atomic E-state index is 0.243. The fourth-order valence-electron chi connectivity index (χ4n) is 4.58. The van der Waals surface area contributed by atoms with E-state index < -0.39 is 0 Å². The van der Waals surface area contributed by atoms with Gasteiger partial charge in [0.05, 0.1) is 28.5 Å². The summed E-state index contributed by atoms with van der Waals surface area (Å²) in [6, 6.07) is 1.44. The molecule has 0 bridgehead atoms. The summed E-state index contributed by atoms with van der Waals surface area (Å²) in [4.78, 5) is 36.9. The first kappa shape index (κ1) is 21.7. The molecule has 11 nitrogen and oxygen atoms in total. The Labute approximate surface area is 203 Å². The van der Waals surface area contributed by atoms with Gasteiger partial charge in [-0.2, -0.15) is 10.2 Å². The number of urea groups is 1. The van der Waals surface area contributed by atoms with Gasteiger partial charge in [-0.05, 0) is 45.0 Å². The van der Waals surface area contributed by atoms with E-state index in [-0.39, 0.29) is 11.6 Å². The molecule has 0 spiro atoms. The number of hydrogen-bond acceptors (Lipinski definition) is 7. The van der Waals surface area contributed by atoms with Crippen molar-refractivity contribution in [3.05, 3.63) is 41.2 Å². The number of carbonyl (C=O) groups is 1. The molecular formula is C23H25N9O2S. The van der Waals surface area contributed by atoms with E-state index in [1.165, 1.54) is 11.3 Å². The number of aromatic amines is 1. The molecule has 1 aliphatic rings. The molecule has 180 valence electrons. The standard InChI is InChI=1S/C23H25N9O2S/c1-30-5-3-13(4-6-30)8-25-23(34)27-15-7-16-19(24-10-15)20-18(21(33)28-16)22-32(29-20)12-17(35-22)14-9-26-31(2)11-14/h7,9-13H,3-6,8H2,1-2H3,(H,28,33)(H2,25,27,34). The smallest absolute Gasteiger partial charge is 0.319 e. The quantitative estimate of drug-likeness (QED) is 0.355. The highest BCUT2D eigenvalue weighted by molar-refractivity contribution is 7.21. The summed E-state index contributed by atoms with van der Waals surface area (Å²) in [5, 5.41) is 15.1. The highest BCUT2D eigenvalue weighted by atomic mass is 32.1. The van der Waals surface area contributed by atoms with Gasteiger partial charge in [-0.1, -0.05) is 0 Å². The molecule has 5 aromatic rings. The SMILES string of the molecule is CN1CCC(CNC(=O)Nc2cnc3c(c2)[nH]c(=O)c2c3nn3cc(-c4cnn(C)c4)sc23)CC1. The molecule has 35 heavy (non-hydrogen) atoms. The van der Waals surface area contributed by atoms with Crippen LogP contribution in [0.4, 0.5) is 10.5 Å². The zero-order chi connectivity index (χ0) is 24.1. The molecule has 0 unspecified atom stereocenters. The van der Waals surface area contributed by atoms with Crippen LogP contribution in [0.3, 0.4) is 0 Å². The van der Waals surface area contributed by atoms with Gasteiger partial charge >= 0.3 is 6.03 Å². The molecule has 0 aromatic carbocycles. The lowest BCUT2D eigenvalue weighted by molar-refractivity contribution is 0.213. The number of rotatable bonds is 4. The van der Waals surface area contributed by atoms with E-state index in [2.05, 4.69) is 42.7 Å². The Morgan fingerprint density at radius 3 is 2.80 bits per heavy atom. The molecule has 1 fully saturated rings. The lowest BCUT2D eigenvalue weighted by Gasteiger charge is -2.28. The number of H-pyrrole nitrogens is 1. The Balaban J connectivity index is 1.25. The Hall–Kier alpha value is -3.77. The van der Waals surface area contributed by atoms with Crippen LogP contribution in [0.1, 0.15) is 12.8 Å². The number of hydrogen-bond donors (Lipinski definition) is 3. The Morgan fingerprint density at radius 2 is 2.03 bits per heavy atom. The Bertz CT molecular complexity index is 1620. The maximum absolute atomic E-state index is 13.0. The third-order valence-electron chi connectivity index (χ3n) is 6.54. The van der Waals surface area contributed by atoms with E-state index in [0.29, 0.717) is 40.1 Å². The summed E-state index contributed by atoms with van der Waals surface area (Å²) in [6.07, 6.45) is 9.35. The molecule has 0 saturated carbocycles. The largest absolute Gasteiger partial charge is 0.338 e. The molecule has 12 heteroatoms. The topological polar surface area (TPSA) is 125 Å². The maximum atomic E-state index is 13.0. The van der Waals surface area contributed by atoms with Gasteiger partial charge in [-0.3, -0.25) is 14.5 Å². The predicted octanol–water partition coefficient (Wildman–Crippen LogP) is 2.65. The number of aryl methyl sites for hydroxylation is 1. The zero-order valence-corrected chi connectivity index (χ0v) is 20.2. The van der Waals surface area contributed by atoms with Gasteiger partial charge < -0.3 is 20.5 Å². The lowest BCUT2D eigenvalue weighted by Crippen LogP contribution is -2.38. The highest BCUT2D eigenvalue weighted by Crippen LogP contribution is 2.33. The summed E-state index contributed by atoms with van der Waals surface area (Å²) in [7, 11) is 3.98. The molecule has 0 atom stereocenters. The summed E-state index contributed by atoms with van der Waals surface area (Å²) in [5.74, 6) is 0.491. The van der Waals surface area contributed by atoms with E-state index >= 15 is 0 Å². The van der Waals surface area contributed by atoms with Gasteiger partial charge in [-0.15, -0.1) is 11.3 Å².